The standard InChI is InChI=1S/C15H9Cl2FN2O/c16-9-3-1-2-8(6-9)13-14(21-20-15(13)19)11-5-4-10(17)7-12(11)18/h1-7H,(H2,19,20). The summed E-state index contributed by atoms with van der Waals surface area (Å²) in [5.74, 6) is -0.104. The van der Waals surface area contributed by atoms with E-state index in [0.717, 1.165) is 0 Å². The van der Waals surface area contributed by atoms with E-state index in [-0.39, 0.29) is 17.1 Å². The molecule has 0 aliphatic heterocycles. The lowest BCUT2D eigenvalue weighted by atomic mass is 10.0. The van der Waals surface area contributed by atoms with Gasteiger partial charge in [-0.1, -0.05) is 40.5 Å². The fraction of sp³-hybridized carbons (Fsp3) is 0. The lowest BCUT2D eigenvalue weighted by Crippen LogP contribution is -1.90. The highest BCUT2D eigenvalue weighted by Crippen LogP contribution is 2.38. The lowest BCUT2D eigenvalue weighted by molar-refractivity contribution is 0.433. The van der Waals surface area contributed by atoms with Gasteiger partial charge in [-0.2, -0.15) is 0 Å². The van der Waals surface area contributed by atoms with Crippen LogP contribution in [0.15, 0.2) is 47.0 Å². The van der Waals surface area contributed by atoms with Gasteiger partial charge in [0.15, 0.2) is 11.6 Å². The Morgan fingerprint density at radius 2 is 1.81 bits per heavy atom. The molecule has 2 aromatic carbocycles. The molecule has 0 amide bonds. The van der Waals surface area contributed by atoms with Crippen molar-refractivity contribution < 1.29 is 8.91 Å². The zero-order chi connectivity index (χ0) is 15.0. The number of nitrogens with zero attached hydrogens (tertiary/aromatic N) is 1. The summed E-state index contributed by atoms with van der Waals surface area (Å²) in [6, 6.07) is 11.3. The van der Waals surface area contributed by atoms with Crippen molar-refractivity contribution in [2.45, 2.75) is 0 Å². The fourth-order valence-corrected chi connectivity index (χ4v) is 2.43. The maximum Gasteiger partial charge on any atom is 0.179 e. The van der Waals surface area contributed by atoms with Crippen molar-refractivity contribution in [2.24, 2.45) is 0 Å². The van der Waals surface area contributed by atoms with Crippen molar-refractivity contribution in [1.29, 1.82) is 0 Å². The number of benzene rings is 2. The molecule has 1 aromatic heterocycles. The van der Waals surface area contributed by atoms with Crippen molar-refractivity contribution in [3.05, 3.63) is 58.3 Å². The second kappa shape index (κ2) is 5.39. The molecule has 6 heteroatoms. The van der Waals surface area contributed by atoms with Gasteiger partial charge < -0.3 is 10.3 Å². The van der Waals surface area contributed by atoms with Crippen LogP contribution in [-0.2, 0) is 0 Å². The zero-order valence-corrected chi connectivity index (χ0v) is 12.1. The second-order valence-electron chi connectivity index (χ2n) is 4.41. The van der Waals surface area contributed by atoms with Crippen molar-refractivity contribution >= 4 is 29.0 Å². The van der Waals surface area contributed by atoms with Crippen LogP contribution >= 0.6 is 23.2 Å². The largest absolute Gasteiger partial charge is 0.380 e. The monoisotopic (exact) mass is 322 g/mol. The first kappa shape index (κ1) is 13.9. The van der Waals surface area contributed by atoms with Gasteiger partial charge in [0.1, 0.15) is 5.82 Å². The zero-order valence-electron chi connectivity index (χ0n) is 10.6. The molecular weight excluding hydrogens is 314 g/mol. The molecule has 0 aliphatic carbocycles. The summed E-state index contributed by atoms with van der Waals surface area (Å²) in [4.78, 5) is 0. The number of aromatic nitrogens is 1. The van der Waals surface area contributed by atoms with E-state index in [1.807, 2.05) is 0 Å². The van der Waals surface area contributed by atoms with Gasteiger partial charge in [-0.25, -0.2) is 4.39 Å². The normalized spacial score (nSPS) is 10.8. The number of hydrogen-bond donors (Lipinski definition) is 1. The molecule has 21 heavy (non-hydrogen) atoms. The molecule has 2 N–H and O–H groups in total. The van der Waals surface area contributed by atoms with Gasteiger partial charge in [0.05, 0.1) is 11.1 Å². The highest BCUT2D eigenvalue weighted by atomic mass is 35.5. The quantitative estimate of drug-likeness (QED) is 0.719. The summed E-state index contributed by atoms with van der Waals surface area (Å²) in [5, 5.41) is 4.56. The number of nitrogen functional groups attached to an aromatic ring is 1. The van der Waals surface area contributed by atoms with Gasteiger partial charge >= 0.3 is 0 Å². The van der Waals surface area contributed by atoms with E-state index in [1.165, 1.54) is 12.1 Å². The molecule has 0 saturated carbocycles. The molecule has 0 fully saturated rings. The van der Waals surface area contributed by atoms with Crippen LogP contribution in [-0.4, -0.2) is 5.16 Å². The van der Waals surface area contributed by atoms with E-state index in [4.69, 9.17) is 33.5 Å². The third kappa shape index (κ3) is 2.60. The Morgan fingerprint density at radius 1 is 1.05 bits per heavy atom. The van der Waals surface area contributed by atoms with Crippen molar-refractivity contribution in [3.8, 4) is 22.5 Å². The van der Waals surface area contributed by atoms with Crippen molar-refractivity contribution in [1.82, 2.24) is 5.16 Å². The van der Waals surface area contributed by atoms with E-state index in [2.05, 4.69) is 5.16 Å². The van der Waals surface area contributed by atoms with Crippen LogP contribution < -0.4 is 5.73 Å². The van der Waals surface area contributed by atoms with Crippen LogP contribution in [0.2, 0.25) is 10.0 Å². The van der Waals surface area contributed by atoms with Gasteiger partial charge in [0.25, 0.3) is 0 Å². The maximum absolute atomic E-state index is 14.1. The van der Waals surface area contributed by atoms with Gasteiger partial charge in [-0.3, -0.25) is 0 Å². The summed E-state index contributed by atoms with van der Waals surface area (Å²) < 4.78 is 19.3. The van der Waals surface area contributed by atoms with E-state index < -0.39 is 5.82 Å². The molecule has 0 atom stereocenters. The van der Waals surface area contributed by atoms with E-state index in [0.29, 0.717) is 21.2 Å². The van der Waals surface area contributed by atoms with Crippen LogP contribution in [0, 0.1) is 5.82 Å². The van der Waals surface area contributed by atoms with Crippen molar-refractivity contribution in [3.63, 3.8) is 0 Å². The summed E-state index contributed by atoms with van der Waals surface area (Å²) >= 11 is 11.7. The molecule has 3 aromatic rings. The Hall–Kier alpha value is -2.04. The topological polar surface area (TPSA) is 52.0 Å². The van der Waals surface area contributed by atoms with Crippen molar-refractivity contribution in [2.75, 3.05) is 5.73 Å². The Labute approximate surface area is 130 Å². The molecule has 1 heterocycles. The molecule has 0 bridgehead atoms. The second-order valence-corrected chi connectivity index (χ2v) is 5.28. The van der Waals surface area contributed by atoms with Crippen LogP contribution in [0.5, 0.6) is 0 Å². The number of rotatable bonds is 2. The maximum atomic E-state index is 14.1. The molecule has 106 valence electrons. The molecule has 0 aliphatic rings. The fourth-order valence-electron chi connectivity index (χ4n) is 2.08. The Kier molecular flexibility index (Phi) is 3.57. The molecular formula is C15H9Cl2FN2O. The summed E-state index contributed by atoms with van der Waals surface area (Å²) in [6.45, 7) is 0. The summed E-state index contributed by atoms with van der Waals surface area (Å²) in [6.07, 6.45) is 0. The Bertz CT molecular complexity index is 817. The number of hydrogen-bond acceptors (Lipinski definition) is 3. The average Bonchev–Trinajstić information content (AvgIpc) is 2.80. The van der Waals surface area contributed by atoms with Crippen LogP contribution in [0.25, 0.3) is 22.5 Å². The highest BCUT2D eigenvalue weighted by molar-refractivity contribution is 6.31. The molecule has 0 spiro atoms. The summed E-state index contributed by atoms with van der Waals surface area (Å²) in [5.41, 5.74) is 7.28. The predicted molar refractivity (Wildman–Crippen MR) is 81.8 cm³/mol. The SMILES string of the molecule is Nc1noc(-c2ccc(Cl)cc2F)c1-c1cccc(Cl)c1. The van der Waals surface area contributed by atoms with Crippen LogP contribution in [0.1, 0.15) is 0 Å². The first-order valence-electron chi connectivity index (χ1n) is 6.03. The average molecular weight is 323 g/mol. The smallest absolute Gasteiger partial charge is 0.179 e. The Morgan fingerprint density at radius 3 is 2.52 bits per heavy atom. The van der Waals surface area contributed by atoms with Gasteiger partial charge in [0, 0.05) is 10.0 Å². The number of nitrogens with two attached hydrogens (primary N) is 1. The third-order valence-electron chi connectivity index (χ3n) is 3.01. The van der Waals surface area contributed by atoms with E-state index in [9.17, 15) is 4.39 Å². The number of halogens is 3. The van der Waals surface area contributed by atoms with Crippen LogP contribution in [0.3, 0.4) is 0 Å². The Balaban J connectivity index is 2.22. The molecule has 0 unspecified atom stereocenters. The van der Waals surface area contributed by atoms with E-state index in [1.54, 1.807) is 30.3 Å². The third-order valence-corrected chi connectivity index (χ3v) is 3.48. The van der Waals surface area contributed by atoms with Gasteiger partial charge in [0.2, 0.25) is 0 Å². The molecule has 0 radical (unpaired) electrons. The number of anilines is 1. The lowest BCUT2D eigenvalue weighted by Gasteiger charge is -2.05. The van der Waals surface area contributed by atoms with Crippen LogP contribution in [0.4, 0.5) is 10.2 Å². The minimum atomic E-state index is -0.512. The molecule has 3 rings (SSSR count). The van der Waals surface area contributed by atoms with E-state index >= 15 is 0 Å². The highest BCUT2D eigenvalue weighted by Gasteiger charge is 2.20. The molecule has 3 nitrogen and oxygen atoms in total. The predicted octanol–water partition coefficient (Wildman–Crippen LogP) is 5.04. The first-order valence-corrected chi connectivity index (χ1v) is 6.78. The summed E-state index contributed by atoms with van der Waals surface area (Å²) in [7, 11) is 0. The first-order chi connectivity index (χ1) is 10.1. The van der Waals surface area contributed by atoms with Gasteiger partial charge in [-0.15, -0.1) is 0 Å². The minimum absolute atomic E-state index is 0.168. The minimum Gasteiger partial charge on any atom is -0.380 e. The molecule has 0 saturated heterocycles. The van der Waals surface area contributed by atoms with Gasteiger partial charge in [-0.05, 0) is 35.9 Å².